The molecule has 0 aliphatic carbocycles. The molecule has 14 heteroatoms. The minimum absolute atomic E-state index is 0.277. The number of fused-ring (bicyclic) bond motifs is 2. The lowest BCUT2D eigenvalue weighted by Crippen LogP contribution is -2.20. The van der Waals surface area contributed by atoms with E-state index in [1.807, 2.05) is 55.3 Å². The number of alkyl halides is 1. The van der Waals surface area contributed by atoms with E-state index in [0.29, 0.717) is 35.1 Å². The lowest BCUT2D eigenvalue weighted by atomic mass is 10.1. The van der Waals surface area contributed by atoms with Gasteiger partial charge in [-0.1, -0.05) is 22.9 Å². The third-order valence-corrected chi connectivity index (χ3v) is 7.63. The van der Waals surface area contributed by atoms with Crippen LogP contribution in [0.4, 0.5) is 0 Å². The smallest absolute Gasteiger partial charge is 0.340 e. The fraction of sp³-hybridized carbons (Fsp3) is 0.357. The van der Waals surface area contributed by atoms with Crippen LogP contribution in [0.5, 0.6) is 0 Å². The van der Waals surface area contributed by atoms with Crippen molar-refractivity contribution < 1.29 is 19.1 Å². The van der Waals surface area contributed by atoms with Crippen molar-refractivity contribution in [2.75, 3.05) is 27.8 Å². The van der Waals surface area contributed by atoms with Gasteiger partial charge in [0.1, 0.15) is 11.3 Å². The predicted molar refractivity (Wildman–Crippen MR) is 172 cm³/mol. The summed E-state index contributed by atoms with van der Waals surface area (Å²) in [5.41, 5.74) is 6.13. The van der Waals surface area contributed by atoms with Crippen LogP contribution in [0.25, 0.3) is 22.1 Å². The van der Waals surface area contributed by atoms with E-state index in [1.165, 1.54) is 14.2 Å². The van der Waals surface area contributed by atoms with Crippen LogP contribution in [0, 0.1) is 36.5 Å². The number of carbonyl (C=O) groups excluding carboxylic acids is 2. The molecule has 0 saturated carbocycles. The van der Waals surface area contributed by atoms with Gasteiger partial charge in [0, 0.05) is 47.2 Å². The molecule has 4 aromatic rings. The lowest BCUT2D eigenvalue weighted by Gasteiger charge is -2.14. The summed E-state index contributed by atoms with van der Waals surface area (Å²) >= 11 is 3.38. The van der Waals surface area contributed by atoms with Gasteiger partial charge in [-0.2, -0.15) is 10.5 Å². The zero-order valence-electron chi connectivity index (χ0n) is 24.4. The largest absolute Gasteiger partial charge is 0.465 e. The van der Waals surface area contributed by atoms with Gasteiger partial charge in [-0.25, -0.2) is 19.6 Å². The lowest BCUT2D eigenvalue weighted by molar-refractivity contribution is 0.0592. The number of rotatable bonds is 6. The highest BCUT2D eigenvalue weighted by atomic mass is 79.9. The number of nitrogens with zero attached hydrogens (tertiary/aromatic N) is 7. The van der Waals surface area contributed by atoms with E-state index in [0.717, 1.165) is 38.9 Å². The Bertz CT molecular complexity index is 1670. The molecular formula is C28H34BrN7O4P2. The number of aryl methyl sites for hydroxylation is 2. The molecule has 0 N–H and O–H groups in total. The van der Waals surface area contributed by atoms with Crippen molar-refractivity contribution in [3.63, 3.8) is 0 Å². The van der Waals surface area contributed by atoms with Crippen LogP contribution in [0.2, 0.25) is 0 Å². The number of methoxy groups -OCH3 is 2. The molecule has 42 heavy (non-hydrogen) atoms. The summed E-state index contributed by atoms with van der Waals surface area (Å²) in [6, 6.07) is 7.89. The zero-order valence-corrected chi connectivity index (χ0v) is 28.3. The highest BCUT2D eigenvalue weighted by molar-refractivity contribution is 9.08. The summed E-state index contributed by atoms with van der Waals surface area (Å²) in [6.45, 7) is 6.42. The summed E-state index contributed by atoms with van der Waals surface area (Å²) in [5.74, 6) is -0.730. The summed E-state index contributed by atoms with van der Waals surface area (Å²) in [5, 5.41) is 18.5. The van der Waals surface area contributed by atoms with Crippen LogP contribution in [0.1, 0.15) is 56.6 Å². The van der Waals surface area contributed by atoms with Crippen LogP contribution in [0.3, 0.4) is 0 Å². The third-order valence-electron chi connectivity index (χ3n) is 5.98. The van der Waals surface area contributed by atoms with E-state index >= 15 is 0 Å². The Labute approximate surface area is 258 Å². The van der Waals surface area contributed by atoms with Gasteiger partial charge in [-0.3, -0.25) is 4.90 Å². The standard InChI is InChI=1S/C14H17N4O2P.C11H12BrN2O2P.C3H5N/c1-9-6-10-12(14(19)20-3)11(8-17(2)5-4-15)18(21)13(10)16-7-9;1-6-3-7-9(11(15)16-2)8(4-12)14(17)10(7)13-5-6;1-2-3-4/h6-7H,5,8,21H2,1-3H3;3,5H,4,17H2,1-2H3;2H2,1H3. The van der Waals surface area contributed by atoms with Gasteiger partial charge in [0.2, 0.25) is 0 Å². The SMILES string of the molecule is CCC#N.COC(=O)c1c(CBr)n(P)c2ncc(C)cc12.COC(=O)c1c(CN(C)CC#N)n(P)c2ncc(C)cc12. The quantitative estimate of drug-likeness (QED) is 0.115. The number of hydrogen-bond donors (Lipinski definition) is 0. The van der Waals surface area contributed by atoms with Gasteiger partial charge in [0.15, 0.2) is 0 Å². The summed E-state index contributed by atoms with van der Waals surface area (Å²) < 4.78 is 13.4. The maximum atomic E-state index is 12.2. The molecular weight excluding hydrogens is 640 g/mol. The van der Waals surface area contributed by atoms with Crippen molar-refractivity contribution in [3.8, 4) is 12.1 Å². The van der Waals surface area contributed by atoms with Gasteiger partial charge in [-0.05, 0) is 62.9 Å². The molecule has 0 aliphatic heterocycles. The van der Waals surface area contributed by atoms with Crippen LogP contribution in [-0.4, -0.2) is 63.3 Å². The van der Waals surface area contributed by atoms with E-state index in [1.54, 1.807) is 16.7 Å². The van der Waals surface area contributed by atoms with Gasteiger partial charge in [-0.15, -0.1) is 0 Å². The summed E-state index contributed by atoms with van der Waals surface area (Å²) in [7, 11) is 9.70. The molecule has 4 aromatic heterocycles. The molecule has 11 nitrogen and oxygen atoms in total. The number of nitriles is 2. The number of carbonyl (C=O) groups is 2. The first kappa shape index (κ1) is 34.8. The number of esters is 2. The van der Waals surface area contributed by atoms with E-state index < -0.39 is 5.97 Å². The molecule has 0 saturated heterocycles. The van der Waals surface area contributed by atoms with Crippen LogP contribution >= 0.6 is 34.7 Å². The van der Waals surface area contributed by atoms with E-state index in [9.17, 15) is 9.59 Å². The molecule has 0 aliphatic rings. The fourth-order valence-corrected chi connectivity index (χ4v) is 5.72. The van der Waals surface area contributed by atoms with E-state index in [4.69, 9.17) is 20.0 Å². The molecule has 4 heterocycles. The number of aromatic nitrogens is 4. The molecule has 0 bridgehead atoms. The van der Waals surface area contributed by atoms with Crippen LogP contribution < -0.4 is 0 Å². The molecule has 2 unspecified atom stereocenters. The third kappa shape index (κ3) is 7.91. The van der Waals surface area contributed by atoms with Gasteiger partial charge in [0.05, 0.1) is 49.7 Å². The average Bonchev–Trinajstić information content (AvgIpc) is 3.41. The Balaban J connectivity index is 0.000000265. The normalized spacial score (nSPS) is 10.3. The molecule has 0 aromatic carbocycles. The van der Waals surface area contributed by atoms with Crippen LogP contribution in [-0.2, 0) is 21.3 Å². The second kappa shape index (κ2) is 16.3. The number of hydrogen-bond acceptors (Lipinski definition) is 9. The second-order valence-corrected chi connectivity index (χ2v) is 10.7. The summed E-state index contributed by atoms with van der Waals surface area (Å²) in [4.78, 5) is 34.5. The van der Waals surface area contributed by atoms with E-state index in [-0.39, 0.29) is 12.5 Å². The topological polar surface area (TPSA) is 139 Å². The number of ether oxygens (including phenoxy) is 2. The Hall–Kier alpha value is -3.40. The first-order valence-electron chi connectivity index (χ1n) is 12.7. The van der Waals surface area contributed by atoms with Crippen molar-refractivity contribution in [3.05, 3.63) is 58.2 Å². The minimum atomic E-state index is -0.394. The molecule has 2 atom stereocenters. The zero-order chi connectivity index (χ0) is 31.6. The van der Waals surface area contributed by atoms with Crippen molar-refractivity contribution >= 4 is 68.7 Å². The van der Waals surface area contributed by atoms with Crippen molar-refractivity contribution in [2.24, 2.45) is 0 Å². The molecule has 4 rings (SSSR count). The predicted octanol–water partition coefficient (Wildman–Crippen LogP) is 5.31. The first-order chi connectivity index (χ1) is 20.0. The monoisotopic (exact) mass is 673 g/mol. The fourth-order valence-electron chi connectivity index (χ4n) is 4.06. The molecule has 0 spiro atoms. The summed E-state index contributed by atoms with van der Waals surface area (Å²) in [6.07, 6.45) is 4.16. The number of pyridine rings is 2. The highest BCUT2D eigenvalue weighted by Crippen LogP contribution is 2.30. The molecule has 0 amide bonds. The van der Waals surface area contributed by atoms with Gasteiger partial charge < -0.3 is 18.1 Å². The molecule has 0 fully saturated rings. The van der Waals surface area contributed by atoms with Crippen LogP contribution in [0.15, 0.2) is 24.5 Å². The first-order valence-corrected chi connectivity index (χ1v) is 14.8. The van der Waals surface area contributed by atoms with E-state index in [2.05, 4.69) is 50.7 Å². The Morgan fingerprint density at radius 2 is 1.36 bits per heavy atom. The average molecular weight is 674 g/mol. The van der Waals surface area contributed by atoms with Crippen molar-refractivity contribution in [1.29, 1.82) is 10.5 Å². The highest BCUT2D eigenvalue weighted by Gasteiger charge is 2.24. The maximum Gasteiger partial charge on any atom is 0.340 e. The molecule has 222 valence electrons. The Morgan fingerprint density at radius 3 is 1.74 bits per heavy atom. The Morgan fingerprint density at radius 1 is 0.929 bits per heavy atom. The van der Waals surface area contributed by atoms with Gasteiger partial charge >= 0.3 is 11.9 Å². The van der Waals surface area contributed by atoms with Gasteiger partial charge in [0.25, 0.3) is 0 Å². The van der Waals surface area contributed by atoms with Crippen molar-refractivity contribution in [1.82, 2.24) is 23.5 Å². The van der Waals surface area contributed by atoms with Crippen molar-refractivity contribution in [2.45, 2.75) is 39.1 Å². The molecule has 0 radical (unpaired) electrons. The minimum Gasteiger partial charge on any atom is -0.465 e. The Kier molecular flexibility index (Phi) is 13.5. The number of halogens is 1. The second-order valence-electron chi connectivity index (χ2n) is 9.11. The maximum absolute atomic E-state index is 12.2.